The molecule has 1 aliphatic heterocycles. The van der Waals surface area contributed by atoms with Crippen molar-refractivity contribution >= 4 is 28.0 Å². The molecule has 12 heteroatoms. The van der Waals surface area contributed by atoms with Crippen molar-refractivity contribution in [1.82, 2.24) is 15.1 Å². The van der Waals surface area contributed by atoms with E-state index in [4.69, 9.17) is 0 Å². The van der Waals surface area contributed by atoms with Gasteiger partial charge in [-0.05, 0) is 63.7 Å². The molecule has 1 aliphatic rings. The van der Waals surface area contributed by atoms with Gasteiger partial charge in [0.15, 0.2) is 5.82 Å². The summed E-state index contributed by atoms with van der Waals surface area (Å²) in [5.41, 5.74) is -1.17. The smallest absolute Gasteiger partial charge is 0.371 e. The number of rotatable bonds is 6. The van der Waals surface area contributed by atoms with Gasteiger partial charge in [0.25, 0.3) is 11.2 Å². The standard InChI is InChI=1S/C24H27F3N6O3/c1-14(15-10-16(24(25,26)27)12-19(11-15)33(35)36)28-22-21-13-18(4-5-20(21)23(34)30-29-22)32-8-6-17(7-9-32)31(2)3/h4-5,10-14,17H,6-9H2,1-3H3,(H,28,29)(H,30,34)/t14-/m1/s1. The van der Waals surface area contributed by atoms with E-state index in [1.54, 1.807) is 13.0 Å². The van der Waals surface area contributed by atoms with Crippen molar-refractivity contribution < 1.29 is 18.1 Å². The minimum absolute atomic E-state index is 0.0691. The molecule has 0 radical (unpaired) electrons. The predicted molar refractivity (Wildman–Crippen MR) is 131 cm³/mol. The lowest BCUT2D eigenvalue weighted by Crippen LogP contribution is -2.42. The third-order valence-electron chi connectivity index (χ3n) is 6.66. The number of hydrogen-bond acceptors (Lipinski definition) is 7. The van der Waals surface area contributed by atoms with Crippen molar-refractivity contribution in [3.05, 3.63) is 68.0 Å². The number of fused-ring (bicyclic) bond motifs is 1. The van der Waals surface area contributed by atoms with Gasteiger partial charge in [0.2, 0.25) is 0 Å². The number of H-pyrrole nitrogens is 1. The summed E-state index contributed by atoms with van der Waals surface area (Å²) < 4.78 is 40.0. The maximum atomic E-state index is 13.3. The van der Waals surface area contributed by atoms with Gasteiger partial charge in [-0.1, -0.05) is 0 Å². The van der Waals surface area contributed by atoms with Crippen molar-refractivity contribution in [1.29, 1.82) is 0 Å². The second kappa shape index (κ2) is 9.76. The molecule has 3 aromatic rings. The van der Waals surface area contributed by atoms with Crippen LogP contribution in [0.3, 0.4) is 0 Å². The number of piperidine rings is 1. The van der Waals surface area contributed by atoms with Crippen molar-refractivity contribution in [2.24, 2.45) is 0 Å². The van der Waals surface area contributed by atoms with Crippen LogP contribution in [0.2, 0.25) is 0 Å². The van der Waals surface area contributed by atoms with Crippen LogP contribution < -0.4 is 15.8 Å². The number of non-ortho nitro benzene ring substituents is 1. The van der Waals surface area contributed by atoms with Crippen LogP contribution in [0.25, 0.3) is 10.8 Å². The van der Waals surface area contributed by atoms with E-state index in [9.17, 15) is 28.1 Å². The van der Waals surface area contributed by atoms with Crippen molar-refractivity contribution in [2.75, 3.05) is 37.4 Å². The highest BCUT2D eigenvalue weighted by atomic mass is 19.4. The Morgan fingerprint density at radius 1 is 1.17 bits per heavy atom. The summed E-state index contributed by atoms with van der Waals surface area (Å²) in [5, 5.41) is 21.6. The molecule has 1 aromatic heterocycles. The van der Waals surface area contributed by atoms with E-state index >= 15 is 0 Å². The summed E-state index contributed by atoms with van der Waals surface area (Å²) >= 11 is 0. The Kier molecular flexibility index (Phi) is 6.90. The predicted octanol–water partition coefficient (Wildman–Crippen LogP) is 4.55. The maximum Gasteiger partial charge on any atom is 0.416 e. The van der Waals surface area contributed by atoms with Gasteiger partial charge < -0.3 is 15.1 Å². The van der Waals surface area contributed by atoms with Crippen LogP contribution in [0.4, 0.5) is 30.4 Å². The third-order valence-corrected chi connectivity index (χ3v) is 6.66. The van der Waals surface area contributed by atoms with E-state index < -0.39 is 34.0 Å². The summed E-state index contributed by atoms with van der Waals surface area (Å²) in [7, 11) is 4.12. The number of anilines is 2. The summed E-state index contributed by atoms with van der Waals surface area (Å²) in [6, 6.07) is 7.63. The Morgan fingerprint density at radius 2 is 1.86 bits per heavy atom. The van der Waals surface area contributed by atoms with Gasteiger partial charge in [-0.25, -0.2) is 5.10 Å². The van der Waals surface area contributed by atoms with E-state index in [1.807, 2.05) is 12.1 Å². The first-order valence-corrected chi connectivity index (χ1v) is 11.5. The molecule has 2 heterocycles. The fraction of sp³-hybridized carbons (Fsp3) is 0.417. The highest BCUT2D eigenvalue weighted by Gasteiger charge is 2.33. The first-order valence-electron chi connectivity index (χ1n) is 11.5. The first-order chi connectivity index (χ1) is 16.9. The Balaban J connectivity index is 1.67. The zero-order valence-electron chi connectivity index (χ0n) is 20.1. The van der Waals surface area contributed by atoms with E-state index in [-0.39, 0.29) is 11.4 Å². The van der Waals surface area contributed by atoms with Crippen molar-refractivity contribution in [2.45, 2.75) is 38.0 Å². The summed E-state index contributed by atoms with van der Waals surface area (Å²) in [6.45, 7) is 3.27. The number of alkyl halides is 3. The molecule has 4 rings (SSSR count). The van der Waals surface area contributed by atoms with Crippen LogP contribution >= 0.6 is 0 Å². The van der Waals surface area contributed by atoms with E-state index in [0.29, 0.717) is 22.9 Å². The molecule has 0 amide bonds. The molecule has 0 saturated carbocycles. The fourth-order valence-electron chi connectivity index (χ4n) is 4.54. The number of nitro benzene ring substituents is 1. The lowest BCUT2D eigenvalue weighted by atomic mass is 10.0. The normalized spacial score (nSPS) is 15.9. The number of nitrogens with zero attached hydrogens (tertiary/aromatic N) is 4. The molecule has 192 valence electrons. The zero-order valence-corrected chi connectivity index (χ0v) is 20.1. The molecule has 0 unspecified atom stereocenters. The maximum absolute atomic E-state index is 13.3. The van der Waals surface area contributed by atoms with Gasteiger partial charge >= 0.3 is 6.18 Å². The molecular formula is C24H27F3N6O3. The highest BCUT2D eigenvalue weighted by molar-refractivity contribution is 5.93. The third kappa shape index (κ3) is 5.27. The molecule has 0 bridgehead atoms. The highest BCUT2D eigenvalue weighted by Crippen LogP contribution is 2.35. The SMILES string of the molecule is C[C@@H](Nc1n[nH]c(=O)c2ccc(N3CCC(N(C)C)CC3)cc12)c1cc([N+](=O)[O-])cc(C(F)(F)F)c1. The van der Waals surface area contributed by atoms with Gasteiger partial charge in [0.05, 0.1) is 21.9 Å². The molecule has 1 fully saturated rings. The fourth-order valence-corrected chi connectivity index (χ4v) is 4.54. The van der Waals surface area contributed by atoms with Gasteiger partial charge in [0, 0.05) is 42.3 Å². The number of benzene rings is 2. The number of aromatic amines is 1. The number of hydrogen-bond donors (Lipinski definition) is 2. The lowest BCUT2D eigenvalue weighted by Gasteiger charge is -2.36. The van der Waals surface area contributed by atoms with Gasteiger partial charge in [-0.3, -0.25) is 14.9 Å². The summed E-state index contributed by atoms with van der Waals surface area (Å²) in [5.74, 6) is 0.266. The Bertz CT molecular complexity index is 1330. The Morgan fingerprint density at radius 3 is 2.47 bits per heavy atom. The topological polar surface area (TPSA) is 107 Å². The van der Waals surface area contributed by atoms with Gasteiger partial charge in [-0.15, -0.1) is 0 Å². The van der Waals surface area contributed by atoms with Crippen molar-refractivity contribution in [3.63, 3.8) is 0 Å². The van der Waals surface area contributed by atoms with E-state index in [0.717, 1.165) is 43.8 Å². The molecule has 2 aromatic carbocycles. The van der Waals surface area contributed by atoms with Crippen LogP contribution in [0.1, 0.15) is 36.9 Å². The molecule has 1 atom stereocenters. The van der Waals surface area contributed by atoms with E-state index in [1.165, 1.54) is 0 Å². The average Bonchev–Trinajstić information content (AvgIpc) is 2.84. The van der Waals surface area contributed by atoms with Crippen LogP contribution in [-0.4, -0.2) is 53.2 Å². The number of halogens is 3. The van der Waals surface area contributed by atoms with Crippen LogP contribution in [0.15, 0.2) is 41.2 Å². The number of aromatic nitrogens is 2. The van der Waals surface area contributed by atoms with Gasteiger partial charge in [-0.2, -0.15) is 18.3 Å². The zero-order chi connectivity index (χ0) is 26.2. The second-order valence-electron chi connectivity index (χ2n) is 9.25. The summed E-state index contributed by atoms with van der Waals surface area (Å²) in [4.78, 5) is 27.2. The molecule has 36 heavy (non-hydrogen) atoms. The molecular weight excluding hydrogens is 477 g/mol. The Hall–Kier alpha value is -3.67. The minimum Gasteiger partial charge on any atom is -0.371 e. The number of nitro groups is 1. The molecule has 2 N–H and O–H groups in total. The monoisotopic (exact) mass is 504 g/mol. The largest absolute Gasteiger partial charge is 0.416 e. The van der Waals surface area contributed by atoms with E-state index in [2.05, 4.69) is 39.4 Å². The molecule has 0 aliphatic carbocycles. The Labute approximate surface area is 205 Å². The van der Waals surface area contributed by atoms with Gasteiger partial charge in [0.1, 0.15) is 0 Å². The first kappa shape index (κ1) is 25.4. The minimum atomic E-state index is -4.74. The second-order valence-corrected chi connectivity index (χ2v) is 9.25. The van der Waals surface area contributed by atoms with Crippen molar-refractivity contribution in [3.8, 4) is 0 Å². The molecule has 0 spiro atoms. The quantitative estimate of drug-likeness (QED) is 0.375. The lowest BCUT2D eigenvalue weighted by molar-refractivity contribution is -0.385. The van der Waals surface area contributed by atoms with Crippen LogP contribution in [0.5, 0.6) is 0 Å². The molecule has 9 nitrogen and oxygen atoms in total. The summed E-state index contributed by atoms with van der Waals surface area (Å²) in [6.07, 6.45) is -2.75. The average molecular weight is 505 g/mol. The van der Waals surface area contributed by atoms with Crippen LogP contribution in [0, 0.1) is 10.1 Å². The number of nitrogens with one attached hydrogen (secondary N) is 2. The van der Waals surface area contributed by atoms with Crippen LogP contribution in [-0.2, 0) is 6.18 Å². The molecule has 1 saturated heterocycles.